The van der Waals surface area contributed by atoms with Crippen LogP contribution >= 0.6 is 0 Å². The number of hydrogen-bond donors (Lipinski definition) is 1. The summed E-state index contributed by atoms with van der Waals surface area (Å²) in [6, 6.07) is 6.05. The van der Waals surface area contributed by atoms with Gasteiger partial charge in [0.25, 0.3) is 10.0 Å². The first-order valence-corrected chi connectivity index (χ1v) is 16.5. The minimum absolute atomic E-state index is 0.139. The summed E-state index contributed by atoms with van der Waals surface area (Å²) in [5.41, 5.74) is -3.74. The zero-order chi connectivity index (χ0) is 38.6. The van der Waals surface area contributed by atoms with Crippen molar-refractivity contribution >= 4 is 33.7 Å². The first-order valence-electron chi connectivity index (χ1n) is 15.0. The number of carbonyl (C=O) groups is 1. The van der Waals surface area contributed by atoms with Crippen LogP contribution < -0.4 is 14.4 Å². The highest BCUT2D eigenvalue weighted by atomic mass is 32.2. The third-order valence-electron chi connectivity index (χ3n) is 7.71. The van der Waals surface area contributed by atoms with E-state index in [4.69, 9.17) is 9.47 Å². The second kappa shape index (κ2) is 13.4. The zero-order valence-electron chi connectivity index (χ0n) is 27.0. The van der Waals surface area contributed by atoms with Gasteiger partial charge in [0.15, 0.2) is 11.5 Å². The van der Waals surface area contributed by atoms with Gasteiger partial charge < -0.3 is 29.1 Å². The zero-order valence-corrected chi connectivity index (χ0v) is 27.9. The monoisotopic (exact) mass is 769 g/mol. The fraction of sp³-hybridized carbons (Fsp3) is 0.375. The molecule has 20 heteroatoms. The first kappa shape index (κ1) is 38.5. The van der Waals surface area contributed by atoms with E-state index in [1.54, 1.807) is 20.8 Å². The van der Waals surface area contributed by atoms with E-state index in [-0.39, 0.29) is 11.4 Å². The van der Waals surface area contributed by atoms with Crippen molar-refractivity contribution in [3.05, 3.63) is 71.8 Å². The standard InChI is InChI=1S/C32H28F9N3O7S/c1-29(2,3)51-28(46)43-15-17(14-42-52(47,48)21-8-6-20(7-9-21)50-32(39,40)41)27(45)24(16-43)44-22-10-4-18(30(33,34)35)12-25(22)49-26-13-19(31(36,37)38)5-11-23(26)44/h4-14,17,24,27,45H,15-16H2,1-3H3/t17?,24-,27-/m0/s1. The summed E-state index contributed by atoms with van der Waals surface area (Å²) in [7, 11) is -4.65. The third-order valence-corrected chi connectivity index (χ3v) is 8.98. The Balaban J connectivity index is 1.58. The highest BCUT2D eigenvalue weighted by Crippen LogP contribution is 2.51. The molecular weight excluding hydrogens is 741 g/mol. The van der Waals surface area contributed by atoms with E-state index in [0.717, 1.165) is 47.5 Å². The number of likely N-dealkylation sites (tertiary alicyclic amines) is 1. The lowest BCUT2D eigenvalue weighted by molar-refractivity contribution is -0.274. The van der Waals surface area contributed by atoms with Crippen LogP contribution in [-0.4, -0.2) is 67.9 Å². The predicted molar refractivity (Wildman–Crippen MR) is 165 cm³/mol. The Bertz CT molecular complexity index is 1900. The molecule has 1 unspecified atom stereocenters. The number of nitrogens with zero attached hydrogens (tertiary/aromatic N) is 3. The summed E-state index contributed by atoms with van der Waals surface area (Å²) >= 11 is 0. The van der Waals surface area contributed by atoms with E-state index in [1.165, 1.54) is 4.90 Å². The van der Waals surface area contributed by atoms with Gasteiger partial charge in [0.2, 0.25) is 0 Å². The maximum absolute atomic E-state index is 13.7. The number of aliphatic hydroxyl groups excluding tert-OH is 1. The van der Waals surface area contributed by atoms with Crippen molar-refractivity contribution in [2.24, 2.45) is 10.3 Å². The molecular formula is C32H28F9N3O7S. The molecule has 0 aromatic heterocycles. The quantitative estimate of drug-likeness (QED) is 0.206. The molecule has 282 valence electrons. The van der Waals surface area contributed by atoms with E-state index >= 15 is 0 Å². The van der Waals surface area contributed by atoms with Crippen molar-refractivity contribution in [1.29, 1.82) is 0 Å². The van der Waals surface area contributed by atoms with Gasteiger partial charge in [-0.2, -0.15) is 39.2 Å². The fourth-order valence-electron chi connectivity index (χ4n) is 5.48. The molecule has 10 nitrogen and oxygen atoms in total. The number of amides is 1. The minimum Gasteiger partial charge on any atom is -0.453 e. The van der Waals surface area contributed by atoms with Gasteiger partial charge in [-0.25, -0.2) is 4.79 Å². The van der Waals surface area contributed by atoms with E-state index in [2.05, 4.69) is 9.13 Å². The molecule has 52 heavy (non-hydrogen) atoms. The van der Waals surface area contributed by atoms with Crippen molar-refractivity contribution in [1.82, 2.24) is 4.90 Å². The molecule has 1 saturated heterocycles. The van der Waals surface area contributed by atoms with Crippen LogP contribution in [0.3, 0.4) is 0 Å². The summed E-state index contributed by atoms with van der Waals surface area (Å²) in [5, 5.41) is 11.7. The summed E-state index contributed by atoms with van der Waals surface area (Å²) in [5.74, 6) is -3.15. The van der Waals surface area contributed by atoms with Crippen molar-refractivity contribution in [3.8, 4) is 17.2 Å². The minimum atomic E-state index is -5.05. The molecule has 1 fully saturated rings. The Labute approximate surface area is 290 Å². The molecule has 0 spiro atoms. The largest absolute Gasteiger partial charge is 0.573 e. The lowest BCUT2D eigenvalue weighted by Crippen LogP contribution is -2.60. The van der Waals surface area contributed by atoms with E-state index in [0.29, 0.717) is 24.3 Å². The number of rotatable bonds is 5. The van der Waals surface area contributed by atoms with E-state index in [9.17, 15) is 57.8 Å². The summed E-state index contributed by atoms with van der Waals surface area (Å²) in [4.78, 5) is 15.0. The molecule has 2 heterocycles. The first-order chi connectivity index (χ1) is 23.8. The highest BCUT2D eigenvalue weighted by Gasteiger charge is 2.45. The number of ether oxygens (including phenoxy) is 3. The van der Waals surface area contributed by atoms with Crippen LogP contribution in [0.1, 0.15) is 31.9 Å². The molecule has 3 aromatic carbocycles. The van der Waals surface area contributed by atoms with Crippen LogP contribution in [0.4, 0.5) is 55.7 Å². The maximum atomic E-state index is 13.7. The number of aliphatic hydroxyl groups is 1. The van der Waals surface area contributed by atoms with Gasteiger partial charge in [-0.05, 0) is 81.4 Å². The van der Waals surface area contributed by atoms with Crippen molar-refractivity contribution in [2.75, 3.05) is 18.0 Å². The van der Waals surface area contributed by atoms with Gasteiger partial charge in [-0.1, -0.05) is 0 Å². The Morgan fingerprint density at radius 3 is 1.83 bits per heavy atom. The molecule has 2 aliphatic rings. The molecule has 0 saturated carbocycles. The lowest BCUT2D eigenvalue weighted by atomic mass is 9.89. The van der Waals surface area contributed by atoms with Crippen LogP contribution in [0.15, 0.2) is 70.0 Å². The van der Waals surface area contributed by atoms with Crippen molar-refractivity contribution in [3.63, 3.8) is 0 Å². The molecule has 1 N–H and O–H groups in total. The average Bonchev–Trinajstić information content (AvgIpc) is 3.00. The number of halogens is 9. The van der Waals surface area contributed by atoms with E-state index in [1.807, 2.05) is 0 Å². The van der Waals surface area contributed by atoms with Gasteiger partial charge >= 0.3 is 24.8 Å². The molecule has 0 aliphatic carbocycles. The number of piperidine rings is 1. The van der Waals surface area contributed by atoms with Gasteiger partial charge in [-0.15, -0.1) is 13.2 Å². The summed E-state index contributed by atoms with van der Waals surface area (Å²) in [6.45, 7) is 3.77. The SMILES string of the molecule is CC(C)(C)OC(=O)N1CC(C=NS(=O)(=O)c2ccc(OC(F)(F)F)cc2)[C@H](O)[C@@H](N2c3ccc(C(F)(F)F)cc3Oc3cc(C(F)(F)F)ccc32)C1. The summed E-state index contributed by atoms with van der Waals surface area (Å²) in [6.07, 6.45) is -16.7. The van der Waals surface area contributed by atoms with Crippen LogP contribution in [-0.2, 0) is 27.1 Å². The predicted octanol–water partition coefficient (Wildman–Crippen LogP) is 7.92. The van der Waals surface area contributed by atoms with E-state index < -0.39 is 105 Å². The average molecular weight is 770 g/mol. The number of carbonyl (C=O) groups excluding carboxylic acids is 1. The van der Waals surface area contributed by atoms with Gasteiger partial charge in [0.1, 0.15) is 11.4 Å². The number of anilines is 2. The van der Waals surface area contributed by atoms with Crippen LogP contribution in [0, 0.1) is 5.92 Å². The topological polar surface area (TPSA) is 118 Å². The molecule has 3 atom stereocenters. The highest BCUT2D eigenvalue weighted by molar-refractivity contribution is 7.90. The van der Waals surface area contributed by atoms with Crippen molar-refractivity contribution in [2.45, 2.75) is 62.1 Å². The molecule has 2 aliphatic heterocycles. The Morgan fingerprint density at radius 1 is 0.846 bits per heavy atom. The maximum Gasteiger partial charge on any atom is 0.573 e. The van der Waals surface area contributed by atoms with Gasteiger partial charge in [0.05, 0.1) is 39.5 Å². The molecule has 0 bridgehead atoms. The number of benzene rings is 3. The number of sulfonamides is 1. The second-order valence-electron chi connectivity index (χ2n) is 12.7. The van der Waals surface area contributed by atoms with Crippen LogP contribution in [0.2, 0.25) is 0 Å². The van der Waals surface area contributed by atoms with Crippen LogP contribution in [0.5, 0.6) is 17.2 Å². The van der Waals surface area contributed by atoms with Gasteiger partial charge in [-0.3, -0.25) is 0 Å². The third kappa shape index (κ3) is 8.66. The number of fused-ring (bicyclic) bond motifs is 2. The molecule has 5 rings (SSSR count). The smallest absolute Gasteiger partial charge is 0.453 e. The second-order valence-corrected chi connectivity index (χ2v) is 14.3. The van der Waals surface area contributed by atoms with Crippen molar-refractivity contribution < 1.29 is 72.0 Å². The summed E-state index contributed by atoms with van der Waals surface area (Å²) < 4.78 is 164. The lowest BCUT2D eigenvalue weighted by Gasteiger charge is -2.47. The van der Waals surface area contributed by atoms with Gasteiger partial charge in [0, 0.05) is 25.2 Å². The Hall–Kier alpha value is -4.72. The molecule has 1 amide bonds. The number of alkyl halides is 9. The molecule has 0 radical (unpaired) electrons. The number of hydrogen-bond acceptors (Lipinski definition) is 8. The molecule has 3 aromatic rings. The normalized spacial score (nSPS) is 19.9. The Kier molecular flexibility index (Phi) is 9.89. The fourth-order valence-corrected chi connectivity index (χ4v) is 6.40. The Morgan fingerprint density at radius 2 is 1.37 bits per heavy atom. The van der Waals surface area contributed by atoms with Crippen LogP contribution in [0.25, 0.3) is 0 Å².